The van der Waals surface area contributed by atoms with E-state index in [-0.39, 0.29) is 17.4 Å². The molecule has 86 valence electrons. The molecule has 0 aromatic rings. The van der Waals surface area contributed by atoms with E-state index in [1.54, 1.807) is 0 Å². The molecular formula is C12H21NO2. The van der Waals surface area contributed by atoms with Crippen molar-refractivity contribution in [3.63, 3.8) is 0 Å². The number of nitrogens with zero attached hydrogens (tertiary/aromatic N) is 1. The van der Waals surface area contributed by atoms with Gasteiger partial charge >= 0.3 is 5.97 Å². The van der Waals surface area contributed by atoms with Crippen molar-refractivity contribution in [1.82, 2.24) is 4.90 Å². The molecule has 0 aromatic heterocycles. The second-order valence-corrected chi connectivity index (χ2v) is 5.28. The van der Waals surface area contributed by atoms with Gasteiger partial charge in [0.05, 0.1) is 12.5 Å². The van der Waals surface area contributed by atoms with Crippen LogP contribution in [-0.4, -0.2) is 35.6 Å². The van der Waals surface area contributed by atoms with E-state index in [0.717, 1.165) is 19.4 Å². The van der Waals surface area contributed by atoms with E-state index in [9.17, 15) is 4.79 Å². The topological polar surface area (TPSA) is 29.5 Å². The van der Waals surface area contributed by atoms with Crippen LogP contribution in [-0.2, 0) is 9.53 Å². The molecule has 2 saturated heterocycles. The average molecular weight is 211 g/mol. The fourth-order valence-corrected chi connectivity index (χ4v) is 3.24. The lowest BCUT2D eigenvalue weighted by molar-refractivity contribution is -0.148. The highest BCUT2D eigenvalue weighted by atomic mass is 16.5. The lowest BCUT2D eigenvalue weighted by Crippen LogP contribution is -2.39. The number of hydrogen-bond donors (Lipinski definition) is 0. The molecule has 0 spiro atoms. The van der Waals surface area contributed by atoms with Crippen molar-refractivity contribution < 1.29 is 9.53 Å². The van der Waals surface area contributed by atoms with Gasteiger partial charge in [-0.25, -0.2) is 0 Å². The fraction of sp³-hybridized carbons (Fsp3) is 0.917. The van der Waals surface area contributed by atoms with Crippen molar-refractivity contribution in [3.8, 4) is 0 Å². The zero-order chi connectivity index (χ0) is 11.1. The van der Waals surface area contributed by atoms with E-state index in [4.69, 9.17) is 4.74 Å². The van der Waals surface area contributed by atoms with E-state index in [0.29, 0.717) is 12.6 Å². The Bertz CT molecular complexity index is 262. The minimum absolute atomic E-state index is 0.0139. The van der Waals surface area contributed by atoms with Crippen LogP contribution in [0.5, 0.6) is 0 Å². The summed E-state index contributed by atoms with van der Waals surface area (Å²) in [6.45, 7) is 8.01. The predicted octanol–water partition coefficient (Wildman–Crippen LogP) is 1.81. The van der Waals surface area contributed by atoms with Gasteiger partial charge in [0.1, 0.15) is 0 Å². The quantitative estimate of drug-likeness (QED) is 0.652. The SMILES string of the molecule is CCOC(=O)[C@H]1CC(C)(C)N2CCC[C@@H]12. The van der Waals surface area contributed by atoms with Crippen LogP contribution in [0, 0.1) is 5.92 Å². The fourth-order valence-electron chi connectivity index (χ4n) is 3.24. The Morgan fingerprint density at radius 3 is 2.93 bits per heavy atom. The first-order valence-corrected chi connectivity index (χ1v) is 5.99. The lowest BCUT2D eigenvalue weighted by atomic mass is 9.92. The summed E-state index contributed by atoms with van der Waals surface area (Å²) in [4.78, 5) is 14.3. The third-order valence-corrected chi connectivity index (χ3v) is 3.85. The van der Waals surface area contributed by atoms with Gasteiger partial charge < -0.3 is 4.74 Å². The Labute approximate surface area is 91.8 Å². The minimum atomic E-state index is 0.0139. The third-order valence-electron chi connectivity index (χ3n) is 3.85. The normalized spacial score (nSPS) is 34.1. The molecular weight excluding hydrogens is 190 g/mol. The van der Waals surface area contributed by atoms with Crippen LogP contribution in [0.15, 0.2) is 0 Å². The summed E-state index contributed by atoms with van der Waals surface area (Å²) < 4.78 is 5.16. The second-order valence-electron chi connectivity index (χ2n) is 5.28. The van der Waals surface area contributed by atoms with Crippen molar-refractivity contribution in [2.24, 2.45) is 5.92 Å². The molecule has 2 aliphatic heterocycles. The molecule has 3 nitrogen and oxygen atoms in total. The van der Waals surface area contributed by atoms with Gasteiger partial charge in [-0.3, -0.25) is 9.69 Å². The lowest BCUT2D eigenvalue weighted by Gasteiger charge is -2.30. The van der Waals surface area contributed by atoms with E-state index in [2.05, 4.69) is 18.7 Å². The van der Waals surface area contributed by atoms with E-state index in [1.165, 1.54) is 6.42 Å². The summed E-state index contributed by atoms with van der Waals surface area (Å²) in [6, 6.07) is 0.444. The minimum Gasteiger partial charge on any atom is -0.466 e. The highest BCUT2D eigenvalue weighted by Crippen LogP contribution is 2.43. The number of fused-ring (bicyclic) bond motifs is 1. The largest absolute Gasteiger partial charge is 0.466 e. The number of carbonyl (C=O) groups is 1. The van der Waals surface area contributed by atoms with E-state index >= 15 is 0 Å². The standard InChI is InChI=1S/C12H21NO2/c1-4-15-11(14)9-8-12(2,3)13-7-5-6-10(9)13/h9-10H,4-8H2,1-3H3/t9-,10-/m0/s1. The maximum atomic E-state index is 11.8. The number of hydrogen-bond acceptors (Lipinski definition) is 3. The van der Waals surface area contributed by atoms with Crippen LogP contribution in [0.25, 0.3) is 0 Å². The summed E-state index contributed by atoms with van der Waals surface area (Å²) in [6.07, 6.45) is 3.34. The van der Waals surface area contributed by atoms with Crippen LogP contribution < -0.4 is 0 Å². The molecule has 0 aliphatic carbocycles. The Kier molecular flexibility index (Phi) is 2.75. The second kappa shape index (κ2) is 3.78. The van der Waals surface area contributed by atoms with Crippen LogP contribution in [0.2, 0.25) is 0 Å². The molecule has 2 heterocycles. The molecule has 2 atom stereocenters. The van der Waals surface area contributed by atoms with Crippen molar-refractivity contribution in [3.05, 3.63) is 0 Å². The molecule has 0 amide bonds. The Morgan fingerprint density at radius 2 is 2.27 bits per heavy atom. The molecule has 2 fully saturated rings. The zero-order valence-corrected chi connectivity index (χ0v) is 9.95. The zero-order valence-electron chi connectivity index (χ0n) is 9.95. The molecule has 0 radical (unpaired) electrons. The molecule has 0 saturated carbocycles. The van der Waals surface area contributed by atoms with Gasteiger partial charge in [0, 0.05) is 11.6 Å². The predicted molar refractivity (Wildman–Crippen MR) is 58.5 cm³/mol. The molecule has 3 heteroatoms. The van der Waals surface area contributed by atoms with Gasteiger partial charge in [-0.15, -0.1) is 0 Å². The Morgan fingerprint density at radius 1 is 1.53 bits per heavy atom. The van der Waals surface area contributed by atoms with Gasteiger partial charge in [0.25, 0.3) is 0 Å². The van der Waals surface area contributed by atoms with Gasteiger partial charge in [-0.05, 0) is 46.6 Å². The monoisotopic (exact) mass is 211 g/mol. The van der Waals surface area contributed by atoms with E-state index in [1.807, 2.05) is 6.92 Å². The number of esters is 1. The Balaban J connectivity index is 2.11. The highest BCUT2D eigenvalue weighted by molar-refractivity contribution is 5.74. The highest BCUT2D eigenvalue weighted by Gasteiger charge is 2.51. The van der Waals surface area contributed by atoms with E-state index < -0.39 is 0 Å². The molecule has 0 unspecified atom stereocenters. The smallest absolute Gasteiger partial charge is 0.310 e. The van der Waals surface area contributed by atoms with Crippen molar-refractivity contribution >= 4 is 5.97 Å². The molecule has 0 bridgehead atoms. The first kappa shape index (κ1) is 10.9. The summed E-state index contributed by atoms with van der Waals surface area (Å²) in [7, 11) is 0. The van der Waals surface area contributed by atoms with Crippen molar-refractivity contribution in [2.45, 2.75) is 51.6 Å². The van der Waals surface area contributed by atoms with Gasteiger partial charge in [0.15, 0.2) is 0 Å². The van der Waals surface area contributed by atoms with Crippen LogP contribution in [0.1, 0.15) is 40.0 Å². The first-order valence-electron chi connectivity index (χ1n) is 5.99. The molecule has 2 rings (SSSR count). The van der Waals surface area contributed by atoms with Crippen molar-refractivity contribution in [1.29, 1.82) is 0 Å². The van der Waals surface area contributed by atoms with Gasteiger partial charge in [-0.1, -0.05) is 0 Å². The van der Waals surface area contributed by atoms with Gasteiger partial charge in [0.2, 0.25) is 0 Å². The number of ether oxygens (including phenoxy) is 1. The van der Waals surface area contributed by atoms with Crippen LogP contribution in [0.4, 0.5) is 0 Å². The Hall–Kier alpha value is -0.570. The maximum absolute atomic E-state index is 11.8. The molecule has 0 aromatic carbocycles. The van der Waals surface area contributed by atoms with Crippen LogP contribution >= 0.6 is 0 Å². The maximum Gasteiger partial charge on any atom is 0.310 e. The summed E-state index contributed by atoms with van der Waals surface area (Å²) in [5.74, 6) is 0.127. The van der Waals surface area contributed by atoms with Crippen molar-refractivity contribution in [2.75, 3.05) is 13.2 Å². The first-order chi connectivity index (χ1) is 7.06. The third kappa shape index (κ3) is 1.78. The molecule has 0 N–H and O–H groups in total. The van der Waals surface area contributed by atoms with Crippen LogP contribution in [0.3, 0.4) is 0 Å². The average Bonchev–Trinajstić information content (AvgIpc) is 2.70. The molecule has 15 heavy (non-hydrogen) atoms. The van der Waals surface area contributed by atoms with Gasteiger partial charge in [-0.2, -0.15) is 0 Å². The number of rotatable bonds is 2. The summed E-state index contributed by atoms with van der Waals surface area (Å²) >= 11 is 0. The summed E-state index contributed by atoms with van der Waals surface area (Å²) in [5.41, 5.74) is 0.179. The number of carbonyl (C=O) groups excluding carboxylic acids is 1. The summed E-state index contributed by atoms with van der Waals surface area (Å²) in [5, 5.41) is 0. The molecule has 2 aliphatic rings.